The van der Waals surface area contributed by atoms with Crippen LogP contribution in [0.3, 0.4) is 0 Å². The van der Waals surface area contributed by atoms with Gasteiger partial charge in [0.2, 0.25) is 0 Å². The zero-order valence-electron chi connectivity index (χ0n) is 11.8. The largest absolute Gasteiger partial charge is 0.497 e. The Bertz CT molecular complexity index is 532. The Morgan fingerprint density at radius 1 is 1.20 bits per heavy atom. The summed E-state index contributed by atoms with van der Waals surface area (Å²) in [4.78, 5) is 1.44. The number of benzene rings is 1. The Morgan fingerprint density at radius 3 is 2.75 bits per heavy atom. The van der Waals surface area contributed by atoms with Crippen LogP contribution in [0.4, 0.5) is 5.69 Å². The van der Waals surface area contributed by atoms with Gasteiger partial charge in [-0.3, -0.25) is 0 Å². The molecular formula is C17H21NOS. The quantitative estimate of drug-likeness (QED) is 0.826. The van der Waals surface area contributed by atoms with Crippen molar-refractivity contribution in [3.8, 4) is 5.75 Å². The molecular weight excluding hydrogens is 266 g/mol. The maximum absolute atomic E-state index is 5.32. The second-order valence-corrected chi connectivity index (χ2v) is 6.39. The van der Waals surface area contributed by atoms with E-state index >= 15 is 0 Å². The first-order chi connectivity index (χ1) is 9.86. The SMILES string of the molecule is COc1cccc(NC(c2cccs2)C2CCCC2)c1. The smallest absolute Gasteiger partial charge is 0.120 e. The van der Waals surface area contributed by atoms with Crippen LogP contribution < -0.4 is 10.1 Å². The van der Waals surface area contributed by atoms with Gasteiger partial charge in [-0.05, 0) is 42.3 Å². The molecule has 20 heavy (non-hydrogen) atoms. The summed E-state index contributed by atoms with van der Waals surface area (Å²) < 4.78 is 5.32. The molecule has 1 N–H and O–H groups in total. The number of ether oxygens (including phenoxy) is 1. The summed E-state index contributed by atoms with van der Waals surface area (Å²) in [6.45, 7) is 0. The molecule has 0 saturated heterocycles. The number of thiophene rings is 1. The summed E-state index contributed by atoms with van der Waals surface area (Å²) in [6, 6.07) is 13.1. The summed E-state index contributed by atoms with van der Waals surface area (Å²) >= 11 is 1.85. The lowest BCUT2D eigenvalue weighted by molar-refractivity contribution is 0.414. The van der Waals surface area contributed by atoms with Crippen LogP contribution in [0.15, 0.2) is 41.8 Å². The molecule has 0 amide bonds. The van der Waals surface area contributed by atoms with E-state index in [2.05, 4.69) is 35.0 Å². The summed E-state index contributed by atoms with van der Waals surface area (Å²) in [5.74, 6) is 1.66. The maximum Gasteiger partial charge on any atom is 0.120 e. The van der Waals surface area contributed by atoms with Gasteiger partial charge in [-0.2, -0.15) is 0 Å². The van der Waals surface area contributed by atoms with Gasteiger partial charge in [-0.15, -0.1) is 11.3 Å². The van der Waals surface area contributed by atoms with Crippen molar-refractivity contribution in [3.63, 3.8) is 0 Å². The lowest BCUT2D eigenvalue weighted by Gasteiger charge is -2.25. The highest BCUT2D eigenvalue weighted by molar-refractivity contribution is 7.10. The number of rotatable bonds is 5. The number of hydrogen-bond acceptors (Lipinski definition) is 3. The molecule has 0 aliphatic heterocycles. The second kappa shape index (κ2) is 6.31. The summed E-state index contributed by atoms with van der Waals surface area (Å²) in [5, 5.41) is 5.90. The molecule has 1 heterocycles. The number of methoxy groups -OCH3 is 1. The van der Waals surface area contributed by atoms with Crippen molar-refractivity contribution in [2.45, 2.75) is 31.7 Å². The third kappa shape index (κ3) is 2.98. The minimum absolute atomic E-state index is 0.435. The minimum atomic E-state index is 0.435. The molecule has 3 rings (SSSR count). The third-order valence-electron chi connectivity index (χ3n) is 4.11. The molecule has 1 aromatic carbocycles. The van der Waals surface area contributed by atoms with E-state index in [4.69, 9.17) is 4.74 Å². The Morgan fingerprint density at radius 2 is 2.05 bits per heavy atom. The lowest BCUT2D eigenvalue weighted by atomic mass is 9.96. The fourth-order valence-electron chi connectivity index (χ4n) is 3.07. The van der Waals surface area contributed by atoms with E-state index < -0.39 is 0 Å². The van der Waals surface area contributed by atoms with E-state index in [1.165, 1.54) is 30.6 Å². The number of nitrogens with one attached hydrogen (secondary N) is 1. The Balaban J connectivity index is 1.82. The zero-order chi connectivity index (χ0) is 13.8. The molecule has 0 radical (unpaired) electrons. The fraction of sp³-hybridized carbons (Fsp3) is 0.412. The van der Waals surface area contributed by atoms with Gasteiger partial charge in [0.15, 0.2) is 0 Å². The molecule has 0 bridgehead atoms. The van der Waals surface area contributed by atoms with E-state index in [9.17, 15) is 0 Å². The van der Waals surface area contributed by atoms with E-state index in [0.29, 0.717) is 6.04 Å². The van der Waals surface area contributed by atoms with Crippen molar-refractivity contribution in [1.29, 1.82) is 0 Å². The van der Waals surface area contributed by atoms with E-state index in [1.807, 2.05) is 23.5 Å². The van der Waals surface area contributed by atoms with Crippen LogP contribution in [0.5, 0.6) is 5.75 Å². The van der Waals surface area contributed by atoms with Gasteiger partial charge in [-0.1, -0.05) is 25.0 Å². The van der Waals surface area contributed by atoms with E-state index in [-0.39, 0.29) is 0 Å². The Kier molecular flexibility index (Phi) is 4.26. The van der Waals surface area contributed by atoms with E-state index in [0.717, 1.165) is 17.4 Å². The topological polar surface area (TPSA) is 21.3 Å². The molecule has 3 heteroatoms. The van der Waals surface area contributed by atoms with Gasteiger partial charge in [0, 0.05) is 16.6 Å². The van der Waals surface area contributed by atoms with Gasteiger partial charge in [0.25, 0.3) is 0 Å². The summed E-state index contributed by atoms with van der Waals surface area (Å²) in [5.41, 5.74) is 1.15. The average Bonchev–Trinajstić information content (AvgIpc) is 3.18. The molecule has 2 nitrogen and oxygen atoms in total. The highest BCUT2D eigenvalue weighted by Gasteiger charge is 2.27. The van der Waals surface area contributed by atoms with Crippen molar-refractivity contribution in [2.75, 3.05) is 12.4 Å². The molecule has 1 fully saturated rings. The maximum atomic E-state index is 5.32. The van der Waals surface area contributed by atoms with Gasteiger partial charge in [0.1, 0.15) is 5.75 Å². The Labute approximate surface area is 124 Å². The zero-order valence-corrected chi connectivity index (χ0v) is 12.7. The van der Waals surface area contributed by atoms with Crippen molar-refractivity contribution in [3.05, 3.63) is 46.7 Å². The van der Waals surface area contributed by atoms with Crippen LogP contribution in [0.1, 0.15) is 36.6 Å². The van der Waals surface area contributed by atoms with Crippen LogP contribution in [0.2, 0.25) is 0 Å². The molecule has 1 unspecified atom stereocenters. The first-order valence-corrected chi connectivity index (χ1v) is 8.19. The van der Waals surface area contributed by atoms with Crippen LogP contribution in [-0.2, 0) is 0 Å². The summed E-state index contributed by atoms with van der Waals surface area (Å²) in [6.07, 6.45) is 5.40. The number of anilines is 1. The van der Waals surface area contributed by atoms with Crippen molar-refractivity contribution in [2.24, 2.45) is 5.92 Å². The molecule has 1 aromatic heterocycles. The predicted molar refractivity (Wildman–Crippen MR) is 85.6 cm³/mol. The standard InChI is InChI=1S/C17H21NOS/c1-19-15-9-4-8-14(12-15)18-17(13-6-2-3-7-13)16-10-5-11-20-16/h4-5,8-13,17-18H,2-3,6-7H2,1H3. The van der Waals surface area contributed by atoms with Gasteiger partial charge in [-0.25, -0.2) is 0 Å². The monoisotopic (exact) mass is 287 g/mol. The Hall–Kier alpha value is -1.48. The van der Waals surface area contributed by atoms with Gasteiger partial charge in [0.05, 0.1) is 13.2 Å². The highest BCUT2D eigenvalue weighted by Crippen LogP contribution is 2.39. The highest BCUT2D eigenvalue weighted by atomic mass is 32.1. The third-order valence-corrected chi connectivity index (χ3v) is 5.07. The van der Waals surface area contributed by atoms with Crippen LogP contribution >= 0.6 is 11.3 Å². The lowest BCUT2D eigenvalue weighted by Crippen LogP contribution is -2.17. The predicted octanol–water partition coefficient (Wildman–Crippen LogP) is 5.10. The molecule has 1 atom stereocenters. The van der Waals surface area contributed by atoms with Gasteiger partial charge < -0.3 is 10.1 Å². The molecule has 1 saturated carbocycles. The van der Waals surface area contributed by atoms with Crippen LogP contribution in [0.25, 0.3) is 0 Å². The van der Waals surface area contributed by atoms with Gasteiger partial charge >= 0.3 is 0 Å². The second-order valence-electron chi connectivity index (χ2n) is 5.41. The van der Waals surface area contributed by atoms with Crippen LogP contribution in [-0.4, -0.2) is 7.11 Å². The molecule has 0 spiro atoms. The summed E-state index contributed by atoms with van der Waals surface area (Å²) in [7, 11) is 1.72. The molecule has 1 aliphatic carbocycles. The van der Waals surface area contributed by atoms with Crippen molar-refractivity contribution < 1.29 is 4.74 Å². The fourth-order valence-corrected chi connectivity index (χ4v) is 3.94. The first-order valence-electron chi connectivity index (χ1n) is 7.31. The molecule has 2 aromatic rings. The normalized spacial score (nSPS) is 17.1. The van der Waals surface area contributed by atoms with Crippen LogP contribution in [0, 0.1) is 5.92 Å². The average molecular weight is 287 g/mol. The number of hydrogen-bond donors (Lipinski definition) is 1. The van der Waals surface area contributed by atoms with Crippen molar-refractivity contribution >= 4 is 17.0 Å². The minimum Gasteiger partial charge on any atom is -0.497 e. The molecule has 106 valence electrons. The van der Waals surface area contributed by atoms with E-state index in [1.54, 1.807) is 7.11 Å². The van der Waals surface area contributed by atoms with Crippen molar-refractivity contribution in [1.82, 2.24) is 0 Å². The first kappa shape index (κ1) is 13.5. The molecule has 1 aliphatic rings.